The van der Waals surface area contributed by atoms with Crippen molar-refractivity contribution in [3.8, 4) is 22.1 Å². The smallest absolute Gasteiger partial charge is 0.233 e. The number of hydrogen-bond acceptors (Lipinski definition) is 6. The number of halogens is 2. The maximum atomic E-state index is 14.9. The lowest BCUT2D eigenvalue weighted by Crippen LogP contribution is -2.21. The van der Waals surface area contributed by atoms with Gasteiger partial charge in [0.25, 0.3) is 0 Å². The number of carbonyl (C=O) groups excluding carboxylic acids is 2. The van der Waals surface area contributed by atoms with Gasteiger partial charge in [-0.1, -0.05) is 13.0 Å². The van der Waals surface area contributed by atoms with Crippen LogP contribution < -0.4 is 15.4 Å². The fraction of sp³-hybridized carbons (Fsp3) is 0.143. The molecular formula is C28H23F2N5O3S. The van der Waals surface area contributed by atoms with Gasteiger partial charge in [-0.25, -0.2) is 13.8 Å². The summed E-state index contributed by atoms with van der Waals surface area (Å²) in [5.74, 6) is -2.09. The summed E-state index contributed by atoms with van der Waals surface area (Å²) in [7, 11) is 0. The van der Waals surface area contributed by atoms with Crippen molar-refractivity contribution in [1.29, 1.82) is 0 Å². The molecule has 2 aromatic carbocycles. The molecule has 0 aliphatic heterocycles. The number of hydrogen-bond donors (Lipinski definition) is 2. The number of ether oxygens (including phenoxy) is 1. The van der Waals surface area contributed by atoms with Gasteiger partial charge in [0.2, 0.25) is 11.8 Å². The molecule has 0 aliphatic rings. The van der Waals surface area contributed by atoms with Gasteiger partial charge in [-0.15, -0.1) is 11.3 Å². The molecule has 0 bridgehead atoms. The van der Waals surface area contributed by atoms with E-state index in [-0.39, 0.29) is 17.1 Å². The van der Waals surface area contributed by atoms with Gasteiger partial charge in [0.05, 0.1) is 27.1 Å². The summed E-state index contributed by atoms with van der Waals surface area (Å²) < 4.78 is 36.8. The number of rotatable bonds is 9. The third-order valence-electron chi connectivity index (χ3n) is 5.61. The van der Waals surface area contributed by atoms with Crippen LogP contribution >= 0.6 is 11.3 Å². The third-order valence-corrected chi connectivity index (χ3v) is 6.77. The molecule has 0 radical (unpaired) electrons. The minimum atomic E-state index is -0.697. The predicted molar refractivity (Wildman–Crippen MR) is 146 cm³/mol. The molecule has 3 aromatic heterocycles. The predicted octanol–water partition coefficient (Wildman–Crippen LogP) is 6.61. The van der Waals surface area contributed by atoms with Gasteiger partial charge in [-0.3, -0.25) is 14.6 Å². The van der Waals surface area contributed by atoms with Crippen LogP contribution in [-0.2, 0) is 16.1 Å². The Hall–Kier alpha value is -4.64. The zero-order chi connectivity index (χ0) is 27.4. The number of benzene rings is 2. The van der Waals surface area contributed by atoms with E-state index in [2.05, 4.69) is 27.5 Å². The Balaban J connectivity index is 1.25. The average molecular weight is 548 g/mol. The van der Waals surface area contributed by atoms with Crippen molar-refractivity contribution in [3.05, 3.63) is 85.0 Å². The standard InChI is InChI=1S/C28H23F2N5O3S/c1-2-10-35-15-22(32-16-35)25-13-21-28(39-25)24(8-9-31-21)38-23-7-6-19(12-20(23)30)34-27(37)14-26(36)33-18-5-3-4-17(29)11-18/h3-9,11-13,15-16H,2,10,14H2,1H3,(H,33,36)(H,34,37). The molecule has 0 spiro atoms. The van der Waals surface area contributed by atoms with Crippen molar-refractivity contribution < 1.29 is 23.1 Å². The van der Waals surface area contributed by atoms with Crippen LogP contribution in [0, 0.1) is 11.6 Å². The first-order valence-electron chi connectivity index (χ1n) is 12.1. The van der Waals surface area contributed by atoms with E-state index in [9.17, 15) is 18.4 Å². The van der Waals surface area contributed by atoms with Gasteiger partial charge < -0.3 is 19.9 Å². The topological polar surface area (TPSA) is 98.1 Å². The number of imidazole rings is 1. The van der Waals surface area contributed by atoms with Crippen LogP contribution in [0.5, 0.6) is 11.5 Å². The SMILES string of the molecule is CCCn1cnc(-c2cc3nccc(Oc4ccc(NC(=O)CC(=O)Nc5cccc(F)c5)cc4F)c3s2)c1. The van der Waals surface area contributed by atoms with Crippen LogP contribution in [0.1, 0.15) is 19.8 Å². The molecule has 3 heterocycles. The fourth-order valence-electron chi connectivity index (χ4n) is 3.89. The number of nitrogens with one attached hydrogen (secondary N) is 2. The minimum absolute atomic E-state index is 0.0356. The number of anilines is 2. The highest BCUT2D eigenvalue weighted by molar-refractivity contribution is 7.22. The van der Waals surface area contributed by atoms with Gasteiger partial charge >= 0.3 is 0 Å². The van der Waals surface area contributed by atoms with Crippen LogP contribution in [0.15, 0.2) is 73.3 Å². The van der Waals surface area contributed by atoms with E-state index in [0.29, 0.717) is 11.3 Å². The van der Waals surface area contributed by atoms with Crippen molar-refractivity contribution in [1.82, 2.24) is 14.5 Å². The maximum absolute atomic E-state index is 14.9. The molecule has 5 rings (SSSR count). The van der Waals surface area contributed by atoms with Gasteiger partial charge in [0, 0.05) is 42.4 Å². The third kappa shape index (κ3) is 6.27. The van der Waals surface area contributed by atoms with Crippen molar-refractivity contribution >= 4 is 44.7 Å². The summed E-state index contributed by atoms with van der Waals surface area (Å²) in [6.45, 7) is 2.98. The molecule has 8 nitrogen and oxygen atoms in total. The first-order chi connectivity index (χ1) is 18.9. The normalized spacial score (nSPS) is 10.9. The molecule has 11 heteroatoms. The largest absolute Gasteiger partial charge is 0.453 e. The molecule has 0 fully saturated rings. The van der Waals surface area contributed by atoms with Gasteiger partial charge in [0.15, 0.2) is 11.6 Å². The molecule has 0 saturated heterocycles. The van der Waals surface area contributed by atoms with Gasteiger partial charge in [0.1, 0.15) is 18.0 Å². The minimum Gasteiger partial charge on any atom is -0.453 e. The number of carbonyl (C=O) groups is 2. The highest BCUT2D eigenvalue weighted by Gasteiger charge is 2.16. The van der Waals surface area contributed by atoms with E-state index in [4.69, 9.17) is 4.74 Å². The summed E-state index contributed by atoms with van der Waals surface area (Å²) in [5.41, 5.74) is 1.92. The summed E-state index contributed by atoms with van der Waals surface area (Å²) >= 11 is 1.45. The fourth-order valence-corrected chi connectivity index (χ4v) is 4.92. The van der Waals surface area contributed by atoms with Crippen molar-refractivity contribution in [2.75, 3.05) is 10.6 Å². The second kappa shape index (κ2) is 11.4. The molecule has 198 valence electrons. The monoisotopic (exact) mass is 547 g/mol. The van der Waals surface area contributed by atoms with Crippen molar-refractivity contribution in [2.45, 2.75) is 26.3 Å². The number of nitrogens with zero attached hydrogens (tertiary/aromatic N) is 3. The summed E-state index contributed by atoms with van der Waals surface area (Å²) in [6.07, 6.45) is 5.84. The Morgan fingerprint density at radius 2 is 1.77 bits per heavy atom. The Kier molecular flexibility index (Phi) is 7.60. The van der Waals surface area contributed by atoms with Gasteiger partial charge in [-0.2, -0.15) is 0 Å². The molecule has 2 amide bonds. The van der Waals surface area contributed by atoms with Crippen LogP contribution in [0.25, 0.3) is 20.8 Å². The van der Waals surface area contributed by atoms with Crippen LogP contribution in [0.4, 0.5) is 20.2 Å². The summed E-state index contributed by atoms with van der Waals surface area (Å²) in [6, 6.07) is 12.9. The highest BCUT2D eigenvalue weighted by Crippen LogP contribution is 2.39. The van der Waals surface area contributed by atoms with E-state index in [1.165, 1.54) is 41.7 Å². The first-order valence-corrected chi connectivity index (χ1v) is 12.9. The number of fused-ring (bicyclic) bond motifs is 1. The van der Waals surface area contributed by atoms with E-state index in [1.54, 1.807) is 18.6 Å². The number of aromatic nitrogens is 3. The zero-order valence-corrected chi connectivity index (χ0v) is 21.6. The van der Waals surface area contributed by atoms with Crippen molar-refractivity contribution in [3.63, 3.8) is 0 Å². The Morgan fingerprint density at radius 1 is 0.974 bits per heavy atom. The second-order valence-corrected chi connectivity index (χ2v) is 9.71. The Bertz CT molecular complexity index is 1670. The Morgan fingerprint density at radius 3 is 2.51 bits per heavy atom. The number of aryl methyl sites for hydroxylation is 1. The van der Waals surface area contributed by atoms with E-state index >= 15 is 0 Å². The van der Waals surface area contributed by atoms with Crippen LogP contribution in [-0.4, -0.2) is 26.3 Å². The quantitative estimate of drug-likeness (QED) is 0.203. The average Bonchev–Trinajstić information content (AvgIpc) is 3.53. The summed E-state index contributed by atoms with van der Waals surface area (Å²) in [4.78, 5) is 34.1. The number of thiophene rings is 1. The van der Waals surface area contributed by atoms with E-state index in [0.717, 1.165) is 40.4 Å². The molecule has 0 atom stereocenters. The molecule has 5 aromatic rings. The molecule has 0 aliphatic carbocycles. The lowest BCUT2D eigenvalue weighted by Gasteiger charge is -2.10. The molecule has 39 heavy (non-hydrogen) atoms. The van der Waals surface area contributed by atoms with Crippen LogP contribution in [0.2, 0.25) is 0 Å². The lowest BCUT2D eigenvalue weighted by atomic mass is 10.2. The Labute approximate surface area is 226 Å². The highest BCUT2D eigenvalue weighted by atomic mass is 32.1. The zero-order valence-electron chi connectivity index (χ0n) is 20.8. The molecule has 0 saturated carbocycles. The molecule has 0 unspecified atom stereocenters. The van der Waals surface area contributed by atoms with Gasteiger partial charge in [-0.05, 0) is 42.8 Å². The second-order valence-electron chi connectivity index (χ2n) is 8.66. The van der Waals surface area contributed by atoms with E-state index < -0.39 is 29.9 Å². The van der Waals surface area contributed by atoms with Crippen LogP contribution in [0.3, 0.4) is 0 Å². The van der Waals surface area contributed by atoms with E-state index in [1.807, 2.05) is 16.8 Å². The lowest BCUT2D eigenvalue weighted by molar-refractivity contribution is -0.123. The summed E-state index contributed by atoms with van der Waals surface area (Å²) in [5, 5.41) is 4.92. The van der Waals surface area contributed by atoms with Crippen molar-refractivity contribution in [2.24, 2.45) is 0 Å². The first kappa shape index (κ1) is 26.0. The maximum Gasteiger partial charge on any atom is 0.233 e. The number of pyridine rings is 1. The number of amides is 2. The molecule has 2 N–H and O–H groups in total. The molecular weight excluding hydrogens is 524 g/mol.